The Hall–Kier alpha value is -2.58. The van der Waals surface area contributed by atoms with Crippen molar-refractivity contribution in [1.82, 2.24) is 9.47 Å². The highest BCUT2D eigenvalue weighted by atomic mass is 16.5. The Bertz CT molecular complexity index is 737. The molecule has 112 valence electrons. The Balaban J connectivity index is 2.04. The predicted molar refractivity (Wildman–Crippen MR) is 81.9 cm³/mol. The van der Waals surface area contributed by atoms with Crippen LogP contribution in [0.3, 0.4) is 0 Å². The Morgan fingerprint density at radius 3 is 2.73 bits per heavy atom. The molecule has 5 nitrogen and oxygen atoms in total. The molecule has 1 aromatic heterocycles. The molecule has 1 aliphatic rings. The molecule has 0 unspecified atom stereocenters. The first kappa shape index (κ1) is 14.4. The number of ether oxygens (including phenoxy) is 1. The second-order valence-corrected chi connectivity index (χ2v) is 5.30. The lowest BCUT2D eigenvalue weighted by Gasteiger charge is -2.27. The van der Waals surface area contributed by atoms with Crippen LogP contribution in [0.25, 0.3) is 5.69 Å². The maximum atomic E-state index is 12.8. The fraction of sp³-hybridized carbons (Fsp3) is 0.294. The van der Waals surface area contributed by atoms with Crippen molar-refractivity contribution >= 4 is 5.91 Å². The second kappa shape index (κ2) is 6.04. The van der Waals surface area contributed by atoms with E-state index in [-0.39, 0.29) is 5.91 Å². The van der Waals surface area contributed by atoms with Crippen molar-refractivity contribution in [3.8, 4) is 11.8 Å². The normalized spacial score (nSPS) is 14.6. The van der Waals surface area contributed by atoms with Gasteiger partial charge in [-0.2, -0.15) is 5.26 Å². The number of nitrogens with zero attached hydrogens (tertiary/aromatic N) is 3. The number of amides is 1. The lowest BCUT2D eigenvalue weighted by Crippen LogP contribution is -2.41. The SMILES string of the molecule is Cc1cccc(-n2ccc(C#N)c2C(=O)N2CCOCC2)c1. The van der Waals surface area contributed by atoms with Crippen LogP contribution in [0.15, 0.2) is 36.5 Å². The highest BCUT2D eigenvalue weighted by Crippen LogP contribution is 2.20. The van der Waals surface area contributed by atoms with E-state index in [0.717, 1.165) is 11.3 Å². The summed E-state index contributed by atoms with van der Waals surface area (Å²) in [7, 11) is 0. The molecule has 1 fully saturated rings. The van der Waals surface area contributed by atoms with Crippen molar-refractivity contribution in [1.29, 1.82) is 5.26 Å². The van der Waals surface area contributed by atoms with Gasteiger partial charge in [-0.25, -0.2) is 0 Å². The van der Waals surface area contributed by atoms with E-state index in [1.54, 1.807) is 21.7 Å². The molecule has 0 aliphatic carbocycles. The summed E-state index contributed by atoms with van der Waals surface area (Å²) in [5.41, 5.74) is 2.82. The molecule has 0 spiro atoms. The molecular weight excluding hydrogens is 278 g/mol. The van der Waals surface area contributed by atoms with E-state index in [0.29, 0.717) is 37.6 Å². The molecule has 0 bridgehead atoms. The zero-order valence-corrected chi connectivity index (χ0v) is 12.5. The predicted octanol–water partition coefficient (Wildman–Crippen LogP) is 2.13. The van der Waals surface area contributed by atoms with Crippen molar-refractivity contribution in [3.63, 3.8) is 0 Å². The third kappa shape index (κ3) is 2.61. The third-order valence-electron chi connectivity index (χ3n) is 3.79. The van der Waals surface area contributed by atoms with Gasteiger partial charge in [-0.15, -0.1) is 0 Å². The molecular formula is C17H17N3O2. The molecule has 0 radical (unpaired) electrons. The van der Waals surface area contributed by atoms with Crippen LogP contribution >= 0.6 is 0 Å². The molecule has 22 heavy (non-hydrogen) atoms. The quantitative estimate of drug-likeness (QED) is 0.853. The van der Waals surface area contributed by atoms with Crippen LogP contribution in [0.4, 0.5) is 0 Å². The van der Waals surface area contributed by atoms with Crippen molar-refractivity contribution in [2.45, 2.75) is 6.92 Å². The fourth-order valence-electron chi connectivity index (χ4n) is 2.65. The van der Waals surface area contributed by atoms with Crippen molar-refractivity contribution in [2.24, 2.45) is 0 Å². The Morgan fingerprint density at radius 1 is 1.27 bits per heavy atom. The zero-order chi connectivity index (χ0) is 15.5. The molecule has 2 heterocycles. The number of hydrogen-bond donors (Lipinski definition) is 0. The molecule has 3 rings (SSSR count). The minimum Gasteiger partial charge on any atom is -0.378 e. The number of nitriles is 1. The first-order valence-corrected chi connectivity index (χ1v) is 7.26. The molecule has 0 saturated carbocycles. The molecule has 2 aromatic rings. The number of hydrogen-bond acceptors (Lipinski definition) is 3. The van der Waals surface area contributed by atoms with E-state index >= 15 is 0 Å². The lowest BCUT2D eigenvalue weighted by molar-refractivity contribution is 0.0297. The van der Waals surface area contributed by atoms with Gasteiger partial charge in [0.2, 0.25) is 0 Å². The van der Waals surface area contributed by atoms with Crippen molar-refractivity contribution < 1.29 is 9.53 Å². The van der Waals surface area contributed by atoms with Gasteiger partial charge < -0.3 is 14.2 Å². The summed E-state index contributed by atoms with van der Waals surface area (Å²) in [6.07, 6.45) is 1.78. The van der Waals surface area contributed by atoms with Gasteiger partial charge in [-0.3, -0.25) is 4.79 Å². The average Bonchev–Trinajstić information content (AvgIpc) is 2.99. The number of carbonyl (C=O) groups excluding carboxylic acids is 1. The summed E-state index contributed by atoms with van der Waals surface area (Å²) in [5, 5.41) is 9.32. The minimum absolute atomic E-state index is 0.119. The van der Waals surface area contributed by atoms with E-state index in [1.807, 2.05) is 31.2 Å². The highest BCUT2D eigenvalue weighted by Gasteiger charge is 2.25. The number of carbonyl (C=O) groups is 1. The molecule has 1 saturated heterocycles. The minimum atomic E-state index is -0.119. The van der Waals surface area contributed by atoms with Crippen LogP contribution in [0.2, 0.25) is 0 Å². The number of aromatic nitrogens is 1. The third-order valence-corrected chi connectivity index (χ3v) is 3.79. The van der Waals surface area contributed by atoms with Crippen molar-refractivity contribution in [2.75, 3.05) is 26.3 Å². The maximum absolute atomic E-state index is 12.8. The number of benzene rings is 1. The molecule has 1 aliphatic heterocycles. The van der Waals surface area contributed by atoms with Gasteiger partial charge in [0.05, 0.1) is 18.8 Å². The zero-order valence-electron chi connectivity index (χ0n) is 12.5. The smallest absolute Gasteiger partial charge is 0.272 e. The molecule has 0 N–H and O–H groups in total. The van der Waals surface area contributed by atoms with E-state index in [2.05, 4.69) is 6.07 Å². The summed E-state index contributed by atoms with van der Waals surface area (Å²) < 4.78 is 7.08. The van der Waals surface area contributed by atoms with Gasteiger partial charge in [-0.1, -0.05) is 12.1 Å². The second-order valence-electron chi connectivity index (χ2n) is 5.30. The number of aryl methyl sites for hydroxylation is 1. The fourth-order valence-corrected chi connectivity index (χ4v) is 2.65. The summed E-state index contributed by atoms with van der Waals surface area (Å²) in [5.74, 6) is -0.119. The first-order chi connectivity index (χ1) is 10.7. The average molecular weight is 295 g/mol. The summed E-state index contributed by atoms with van der Waals surface area (Å²) in [4.78, 5) is 14.6. The first-order valence-electron chi connectivity index (χ1n) is 7.26. The largest absolute Gasteiger partial charge is 0.378 e. The standard InChI is InChI=1S/C17H17N3O2/c1-13-3-2-4-15(11-13)20-6-5-14(12-18)16(20)17(21)19-7-9-22-10-8-19/h2-6,11H,7-10H2,1H3. The monoisotopic (exact) mass is 295 g/mol. The van der Waals surface area contributed by atoms with E-state index in [9.17, 15) is 10.1 Å². The van der Waals surface area contributed by atoms with E-state index < -0.39 is 0 Å². The van der Waals surface area contributed by atoms with Gasteiger partial charge in [-0.05, 0) is 30.7 Å². The van der Waals surface area contributed by atoms with Crippen LogP contribution in [0.5, 0.6) is 0 Å². The van der Waals surface area contributed by atoms with Gasteiger partial charge in [0, 0.05) is 25.0 Å². The number of morpholine rings is 1. The van der Waals surface area contributed by atoms with Gasteiger partial charge in [0.1, 0.15) is 11.8 Å². The van der Waals surface area contributed by atoms with Crippen LogP contribution in [0.1, 0.15) is 21.6 Å². The van der Waals surface area contributed by atoms with Gasteiger partial charge in [0.15, 0.2) is 0 Å². The topological polar surface area (TPSA) is 58.3 Å². The van der Waals surface area contributed by atoms with Crippen LogP contribution < -0.4 is 0 Å². The maximum Gasteiger partial charge on any atom is 0.272 e. The summed E-state index contributed by atoms with van der Waals surface area (Å²) in [6.45, 7) is 4.20. The van der Waals surface area contributed by atoms with E-state index in [1.165, 1.54) is 0 Å². The molecule has 5 heteroatoms. The van der Waals surface area contributed by atoms with Crippen LogP contribution in [-0.4, -0.2) is 41.7 Å². The van der Waals surface area contributed by atoms with Crippen LogP contribution in [-0.2, 0) is 4.74 Å². The molecule has 1 aromatic carbocycles. The van der Waals surface area contributed by atoms with E-state index in [4.69, 9.17) is 4.74 Å². The Kier molecular flexibility index (Phi) is 3.94. The lowest BCUT2D eigenvalue weighted by atomic mass is 10.2. The number of rotatable bonds is 2. The van der Waals surface area contributed by atoms with Gasteiger partial charge >= 0.3 is 0 Å². The summed E-state index contributed by atoms with van der Waals surface area (Å²) >= 11 is 0. The Morgan fingerprint density at radius 2 is 2.05 bits per heavy atom. The summed E-state index contributed by atoms with van der Waals surface area (Å²) in [6, 6.07) is 11.7. The van der Waals surface area contributed by atoms with Gasteiger partial charge in [0.25, 0.3) is 5.91 Å². The van der Waals surface area contributed by atoms with Crippen LogP contribution in [0, 0.1) is 18.3 Å². The highest BCUT2D eigenvalue weighted by molar-refractivity contribution is 5.96. The van der Waals surface area contributed by atoms with Crippen molar-refractivity contribution in [3.05, 3.63) is 53.3 Å². The molecule has 1 amide bonds. The Labute approximate surface area is 129 Å². The molecule has 0 atom stereocenters.